The minimum atomic E-state index is -0.311. The number of benzene rings is 1. The minimum absolute atomic E-state index is 0.0491. The number of rotatable bonds is 7. The van der Waals surface area contributed by atoms with Crippen LogP contribution in [-0.4, -0.2) is 30.3 Å². The van der Waals surface area contributed by atoms with Crippen LogP contribution in [0.3, 0.4) is 0 Å². The van der Waals surface area contributed by atoms with Gasteiger partial charge in [0.1, 0.15) is 5.75 Å². The van der Waals surface area contributed by atoms with Gasteiger partial charge in [-0.1, -0.05) is 6.07 Å². The SMILES string of the molecule is CC(O)CCCNC(=O)COc1ccc2c(c1)CCC2. The van der Waals surface area contributed by atoms with Gasteiger partial charge in [-0.05, 0) is 62.3 Å². The quantitative estimate of drug-likeness (QED) is 0.748. The second kappa shape index (κ2) is 7.29. The summed E-state index contributed by atoms with van der Waals surface area (Å²) in [6, 6.07) is 6.08. The van der Waals surface area contributed by atoms with Crippen molar-refractivity contribution in [3.63, 3.8) is 0 Å². The lowest BCUT2D eigenvalue weighted by Crippen LogP contribution is -2.30. The first kappa shape index (κ1) is 14.9. The molecule has 0 saturated heterocycles. The van der Waals surface area contributed by atoms with Crippen LogP contribution in [-0.2, 0) is 17.6 Å². The molecule has 20 heavy (non-hydrogen) atoms. The first-order valence-corrected chi connectivity index (χ1v) is 7.34. The van der Waals surface area contributed by atoms with Gasteiger partial charge in [-0.15, -0.1) is 0 Å². The van der Waals surface area contributed by atoms with Gasteiger partial charge in [-0.3, -0.25) is 4.79 Å². The highest BCUT2D eigenvalue weighted by molar-refractivity contribution is 5.77. The molecular formula is C16H23NO3. The number of hydrogen-bond donors (Lipinski definition) is 2. The molecule has 1 aromatic rings. The molecule has 0 spiro atoms. The Kier molecular flexibility index (Phi) is 5.41. The number of hydrogen-bond acceptors (Lipinski definition) is 3. The molecule has 1 aliphatic rings. The maximum absolute atomic E-state index is 11.6. The fourth-order valence-electron chi connectivity index (χ4n) is 2.46. The van der Waals surface area contributed by atoms with Gasteiger partial charge in [0.25, 0.3) is 5.91 Å². The van der Waals surface area contributed by atoms with Crippen LogP contribution in [0.2, 0.25) is 0 Å². The number of nitrogens with one attached hydrogen (secondary N) is 1. The largest absolute Gasteiger partial charge is 0.484 e. The third kappa shape index (κ3) is 4.53. The predicted octanol–water partition coefficient (Wildman–Crippen LogP) is 1.83. The third-order valence-electron chi connectivity index (χ3n) is 3.56. The smallest absolute Gasteiger partial charge is 0.257 e. The molecule has 0 saturated carbocycles. The molecule has 2 N–H and O–H groups in total. The third-order valence-corrected chi connectivity index (χ3v) is 3.56. The van der Waals surface area contributed by atoms with Crippen molar-refractivity contribution in [2.45, 2.75) is 45.1 Å². The van der Waals surface area contributed by atoms with Gasteiger partial charge in [0.05, 0.1) is 6.10 Å². The molecule has 1 aliphatic carbocycles. The summed E-state index contributed by atoms with van der Waals surface area (Å²) in [4.78, 5) is 11.6. The van der Waals surface area contributed by atoms with E-state index in [-0.39, 0.29) is 18.6 Å². The molecule has 0 aliphatic heterocycles. The summed E-state index contributed by atoms with van der Waals surface area (Å²) >= 11 is 0. The number of amides is 1. The molecule has 4 nitrogen and oxygen atoms in total. The number of aryl methyl sites for hydroxylation is 2. The van der Waals surface area contributed by atoms with Crippen LogP contribution in [0.15, 0.2) is 18.2 Å². The van der Waals surface area contributed by atoms with Crippen molar-refractivity contribution in [2.24, 2.45) is 0 Å². The monoisotopic (exact) mass is 277 g/mol. The first-order chi connectivity index (χ1) is 9.65. The molecular weight excluding hydrogens is 254 g/mol. The predicted molar refractivity (Wildman–Crippen MR) is 77.9 cm³/mol. The van der Waals surface area contributed by atoms with Crippen molar-refractivity contribution >= 4 is 5.91 Å². The van der Waals surface area contributed by atoms with E-state index in [1.54, 1.807) is 6.92 Å². The lowest BCUT2D eigenvalue weighted by molar-refractivity contribution is -0.123. The van der Waals surface area contributed by atoms with E-state index in [1.165, 1.54) is 17.5 Å². The summed E-state index contributed by atoms with van der Waals surface area (Å²) in [5, 5.41) is 11.9. The van der Waals surface area contributed by atoms with Crippen molar-refractivity contribution in [3.8, 4) is 5.75 Å². The Morgan fingerprint density at radius 1 is 1.40 bits per heavy atom. The van der Waals surface area contributed by atoms with Crippen LogP contribution in [0.4, 0.5) is 0 Å². The van der Waals surface area contributed by atoms with Crippen LogP contribution >= 0.6 is 0 Å². The number of fused-ring (bicyclic) bond motifs is 1. The molecule has 0 radical (unpaired) electrons. The number of aliphatic hydroxyl groups excluding tert-OH is 1. The first-order valence-electron chi connectivity index (χ1n) is 7.34. The van der Waals surface area contributed by atoms with Gasteiger partial charge in [0.2, 0.25) is 0 Å². The van der Waals surface area contributed by atoms with E-state index in [9.17, 15) is 4.79 Å². The molecule has 0 aromatic heterocycles. The van der Waals surface area contributed by atoms with Gasteiger partial charge in [0, 0.05) is 6.54 Å². The Morgan fingerprint density at radius 3 is 3.00 bits per heavy atom. The van der Waals surface area contributed by atoms with Crippen molar-refractivity contribution in [1.82, 2.24) is 5.32 Å². The van der Waals surface area contributed by atoms with E-state index in [2.05, 4.69) is 11.4 Å². The maximum Gasteiger partial charge on any atom is 0.257 e. The normalized spacial score (nSPS) is 14.7. The summed E-state index contributed by atoms with van der Waals surface area (Å²) in [6.07, 6.45) is 4.64. The molecule has 0 bridgehead atoms. The average molecular weight is 277 g/mol. The van der Waals surface area contributed by atoms with Gasteiger partial charge in [0.15, 0.2) is 6.61 Å². The molecule has 1 atom stereocenters. The van der Waals surface area contributed by atoms with Gasteiger partial charge >= 0.3 is 0 Å². The van der Waals surface area contributed by atoms with E-state index in [0.717, 1.165) is 25.0 Å². The average Bonchev–Trinajstić information content (AvgIpc) is 2.88. The molecule has 0 heterocycles. The molecule has 4 heteroatoms. The molecule has 1 aromatic carbocycles. The van der Waals surface area contributed by atoms with Crippen LogP contribution < -0.4 is 10.1 Å². The van der Waals surface area contributed by atoms with Crippen LogP contribution in [0.25, 0.3) is 0 Å². The molecule has 110 valence electrons. The zero-order valence-electron chi connectivity index (χ0n) is 12.0. The number of carbonyl (C=O) groups excluding carboxylic acids is 1. The van der Waals surface area contributed by atoms with E-state index in [4.69, 9.17) is 9.84 Å². The van der Waals surface area contributed by atoms with Crippen LogP contribution in [0.1, 0.15) is 37.3 Å². The zero-order valence-corrected chi connectivity index (χ0v) is 12.0. The van der Waals surface area contributed by atoms with Crippen molar-refractivity contribution in [1.29, 1.82) is 0 Å². The van der Waals surface area contributed by atoms with Gasteiger partial charge in [-0.25, -0.2) is 0 Å². The second-order valence-electron chi connectivity index (χ2n) is 5.41. The highest BCUT2D eigenvalue weighted by Gasteiger charge is 2.11. The summed E-state index contributed by atoms with van der Waals surface area (Å²) in [5.74, 6) is 0.654. The van der Waals surface area contributed by atoms with Crippen LogP contribution in [0.5, 0.6) is 5.75 Å². The molecule has 0 fully saturated rings. The van der Waals surface area contributed by atoms with Gasteiger partial charge < -0.3 is 15.2 Å². The Balaban J connectivity index is 1.68. The lowest BCUT2D eigenvalue weighted by Gasteiger charge is -2.09. The minimum Gasteiger partial charge on any atom is -0.484 e. The zero-order chi connectivity index (χ0) is 14.4. The number of ether oxygens (including phenoxy) is 1. The molecule has 1 amide bonds. The summed E-state index contributed by atoms with van der Waals surface area (Å²) in [5.41, 5.74) is 2.75. The Hall–Kier alpha value is -1.55. The molecule has 2 rings (SSSR count). The standard InChI is InChI=1S/C16H23NO3/c1-12(18)4-3-9-17-16(19)11-20-15-8-7-13-5-2-6-14(13)10-15/h7-8,10,12,18H,2-6,9,11H2,1H3,(H,17,19). The number of carbonyl (C=O) groups is 1. The Morgan fingerprint density at radius 2 is 2.20 bits per heavy atom. The summed E-state index contributed by atoms with van der Waals surface area (Å²) in [6.45, 7) is 2.38. The van der Waals surface area contributed by atoms with Crippen molar-refractivity contribution in [3.05, 3.63) is 29.3 Å². The summed E-state index contributed by atoms with van der Waals surface area (Å²) < 4.78 is 5.51. The Bertz CT molecular complexity index is 457. The molecule has 1 unspecified atom stereocenters. The van der Waals surface area contributed by atoms with E-state index < -0.39 is 0 Å². The highest BCUT2D eigenvalue weighted by Crippen LogP contribution is 2.25. The Labute approximate surface area is 120 Å². The second-order valence-corrected chi connectivity index (χ2v) is 5.41. The maximum atomic E-state index is 11.6. The van der Waals surface area contributed by atoms with E-state index in [0.29, 0.717) is 13.0 Å². The van der Waals surface area contributed by atoms with Crippen LogP contribution in [0, 0.1) is 0 Å². The van der Waals surface area contributed by atoms with E-state index >= 15 is 0 Å². The lowest BCUT2D eigenvalue weighted by atomic mass is 10.1. The number of aliphatic hydroxyl groups is 1. The van der Waals surface area contributed by atoms with Gasteiger partial charge in [-0.2, -0.15) is 0 Å². The van der Waals surface area contributed by atoms with Crippen molar-refractivity contribution < 1.29 is 14.6 Å². The van der Waals surface area contributed by atoms with E-state index in [1.807, 2.05) is 12.1 Å². The fourth-order valence-corrected chi connectivity index (χ4v) is 2.46. The fraction of sp³-hybridized carbons (Fsp3) is 0.562. The van der Waals surface area contributed by atoms with Crippen molar-refractivity contribution in [2.75, 3.05) is 13.2 Å². The highest BCUT2D eigenvalue weighted by atomic mass is 16.5. The summed E-state index contributed by atoms with van der Waals surface area (Å²) in [7, 11) is 0. The topological polar surface area (TPSA) is 58.6 Å².